The van der Waals surface area contributed by atoms with E-state index in [1.807, 2.05) is 32.9 Å². The van der Waals surface area contributed by atoms with Crippen LogP contribution in [0, 0.1) is 0 Å². The standard InChI is InChI=1S/C14H14BrClN2O/c1-14(2,3)11-7-12(19)18-13(17-11)9-6-8(15)4-5-10(9)16/h4-7H,1-3H3,(H,17,18,19). The first-order valence-electron chi connectivity index (χ1n) is 5.84. The predicted molar refractivity (Wildman–Crippen MR) is 81.7 cm³/mol. The molecule has 0 bridgehead atoms. The van der Waals surface area contributed by atoms with Gasteiger partial charge in [-0.3, -0.25) is 4.79 Å². The molecule has 0 saturated heterocycles. The van der Waals surface area contributed by atoms with Crippen molar-refractivity contribution < 1.29 is 0 Å². The van der Waals surface area contributed by atoms with Crippen molar-refractivity contribution in [3.63, 3.8) is 0 Å². The Balaban J connectivity index is 2.66. The van der Waals surface area contributed by atoms with Crippen LogP contribution in [0.15, 0.2) is 33.5 Å². The van der Waals surface area contributed by atoms with Crippen LogP contribution < -0.4 is 5.56 Å². The minimum absolute atomic E-state index is 0.175. The fourth-order valence-corrected chi connectivity index (χ4v) is 2.22. The normalized spacial score (nSPS) is 11.6. The number of rotatable bonds is 1. The lowest BCUT2D eigenvalue weighted by molar-refractivity contribution is 0.566. The molecule has 3 nitrogen and oxygen atoms in total. The molecule has 100 valence electrons. The SMILES string of the molecule is CC(C)(C)c1cc(=O)[nH]c(-c2cc(Br)ccc2Cl)n1. The Morgan fingerprint density at radius 3 is 2.58 bits per heavy atom. The van der Waals surface area contributed by atoms with Crippen LogP contribution in [0.5, 0.6) is 0 Å². The maximum absolute atomic E-state index is 11.8. The molecule has 0 amide bonds. The van der Waals surface area contributed by atoms with Gasteiger partial charge in [0.05, 0.1) is 10.7 Å². The first-order valence-corrected chi connectivity index (χ1v) is 7.02. The smallest absolute Gasteiger partial charge is 0.251 e. The number of benzene rings is 1. The Morgan fingerprint density at radius 2 is 1.95 bits per heavy atom. The number of hydrogen-bond acceptors (Lipinski definition) is 2. The Labute approximate surface area is 125 Å². The lowest BCUT2D eigenvalue weighted by Gasteiger charge is -2.18. The lowest BCUT2D eigenvalue weighted by Crippen LogP contribution is -2.20. The van der Waals surface area contributed by atoms with Gasteiger partial charge < -0.3 is 4.98 Å². The van der Waals surface area contributed by atoms with E-state index >= 15 is 0 Å². The highest BCUT2D eigenvalue weighted by Crippen LogP contribution is 2.29. The van der Waals surface area contributed by atoms with Gasteiger partial charge in [0, 0.05) is 21.5 Å². The van der Waals surface area contributed by atoms with Crippen LogP contribution >= 0.6 is 27.5 Å². The van der Waals surface area contributed by atoms with Crippen molar-refractivity contribution in [3.05, 3.63) is 49.8 Å². The van der Waals surface area contributed by atoms with Crippen LogP contribution in [0.2, 0.25) is 5.02 Å². The molecule has 0 atom stereocenters. The van der Waals surface area contributed by atoms with Gasteiger partial charge in [-0.15, -0.1) is 0 Å². The Hall–Kier alpha value is -1.13. The topological polar surface area (TPSA) is 45.8 Å². The largest absolute Gasteiger partial charge is 0.306 e. The van der Waals surface area contributed by atoms with Crippen LogP contribution in [0.1, 0.15) is 26.5 Å². The van der Waals surface area contributed by atoms with Crippen molar-refractivity contribution in [1.82, 2.24) is 9.97 Å². The number of aromatic nitrogens is 2. The number of nitrogens with zero attached hydrogens (tertiary/aromatic N) is 1. The van der Waals surface area contributed by atoms with Crippen LogP contribution in [-0.2, 0) is 5.41 Å². The van der Waals surface area contributed by atoms with Crippen LogP contribution in [0.3, 0.4) is 0 Å². The van der Waals surface area contributed by atoms with E-state index in [1.54, 1.807) is 6.07 Å². The molecular weight excluding hydrogens is 328 g/mol. The van der Waals surface area contributed by atoms with Crippen LogP contribution in [0.4, 0.5) is 0 Å². The maximum Gasteiger partial charge on any atom is 0.251 e. The molecule has 0 unspecified atom stereocenters. The summed E-state index contributed by atoms with van der Waals surface area (Å²) in [4.78, 5) is 19.0. The third-order valence-corrected chi connectivity index (χ3v) is 3.52. The van der Waals surface area contributed by atoms with Gasteiger partial charge >= 0.3 is 0 Å². The Kier molecular flexibility index (Phi) is 3.83. The fourth-order valence-electron chi connectivity index (χ4n) is 1.65. The zero-order chi connectivity index (χ0) is 14.2. The van der Waals surface area contributed by atoms with Crippen LogP contribution in [-0.4, -0.2) is 9.97 Å². The molecule has 0 saturated carbocycles. The van der Waals surface area contributed by atoms with Crippen molar-refractivity contribution in [2.75, 3.05) is 0 Å². The second-order valence-electron chi connectivity index (χ2n) is 5.35. The second-order valence-corrected chi connectivity index (χ2v) is 6.68. The quantitative estimate of drug-likeness (QED) is 0.847. The summed E-state index contributed by atoms with van der Waals surface area (Å²) < 4.78 is 0.885. The van der Waals surface area contributed by atoms with Crippen molar-refractivity contribution in [3.8, 4) is 11.4 Å². The molecule has 0 spiro atoms. The summed E-state index contributed by atoms with van der Waals surface area (Å²) in [5, 5.41) is 0.553. The van der Waals surface area contributed by atoms with E-state index in [0.29, 0.717) is 16.4 Å². The highest BCUT2D eigenvalue weighted by Gasteiger charge is 2.18. The zero-order valence-corrected chi connectivity index (χ0v) is 13.3. The van der Waals surface area contributed by atoms with E-state index in [2.05, 4.69) is 25.9 Å². The lowest BCUT2D eigenvalue weighted by atomic mass is 9.92. The van der Waals surface area contributed by atoms with Crippen molar-refractivity contribution in [2.24, 2.45) is 0 Å². The Bertz CT molecular complexity index is 674. The molecule has 2 rings (SSSR count). The van der Waals surface area contributed by atoms with E-state index in [0.717, 1.165) is 10.2 Å². The van der Waals surface area contributed by atoms with Gasteiger partial charge in [0.15, 0.2) is 0 Å². The van der Waals surface area contributed by atoms with Crippen molar-refractivity contribution in [2.45, 2.75) is 26.2 Å². The summed E-state index contributed by atoms with van der Waals surface area (Å²) in [5.74, 6) is 0.490. The first kappa shape index (κ1) is 14.3. The molecule has 0 aliphatic heterocycles. The molecule has 2 aromatic rings. The molecule has 19 heavy (non-hydrogen) atoms. The molecule has 0 fully saturated rings. The summed E-state index contributed by atoms with van der Waals surface area (Å²) in [6, 6.07) is 6.98. The average Bonchev–Trinajstić information content (AvgIpc) is 2.30. The number of hydrogen-bond donors (Lipinski definition) is 1. The average molecular weight is 342 g/mol. The van der Waals surface area contributed by atoms with E-state index < -0.39 is 0 Å². The monoisotopic (exact) mass is 340 g/mol. The van der Waals surface area contributed by atoms with E-state index in [4.69, 9.17) is 11.6 Å². The van der Waals surface area contributed by atoms with Gasteiger partial charge in [-0.25, -0.2) is 4.98 Å². The molecule has 1 aromatic heterocycles. The van der Waals surface area contributed by atoms with E-state index in [1.165, 1.54) is 6.07 Å². The molecule has 0 aliphatic rings. The second kappa shape index (κ2) is 5.10. The molecule has 0 aliphatic carbocycles. The predicted octanol–water partition coefficient (Wildman–Crippen LogP) is 4.15. The zero-order valence-electron chi connectivity index (χ0n) is 10.9. The summed E-state index contributed by atoms with van der Waals surface area (Å²) in [5.41, 5.74) is 1.08. The number of halogens is 2. The van der Waals surface area contributed by atoms with Gasteiger partial charge in [-0.2, -0.15) is 0 Å². The minimum Gasteiger partial charge on any atom is -0.306 e. The minimum atomic E-state index is -0.193. The molecular formula is C14H14BrClN2O. The summed E-state index contributed by atoms with van der Waals surface area (Å²) in [7, 11) is 0. The van der Waals surface area contributed by atoms with Crippen molar-refractivity contribution >= 4 is 27.5 Å². The van der Waals surface area contributed by atoms with E-state index in [9.17, 15) is 4.79 Å². The molecule has 1 N–H and O–H groups in total. The maximum atomic E-state index is 11.8. The summed E-state index contributed by atoms with van der Waals surface area (Å²) in [6.45, 7) is 6.04. The van der Waals surface area contributed by atoms with Gasteiger partial charge in [0.1, 0.15) is 5.82 Å². The Morgan fingerprint density at radius 1 is 1.26 bits per heavy atom. The molecule has 1 aromatic carbocycles. The number of H-pyrrole nitrogens is 1. The van der Waals surface area contributed by atoms with E-state index in [-0.39, 0.29) is 11.0 Å². The highest BCUT2D eigenvalue weighted by molar-refractivity contribution is 9.10. The van der Waals surface area contributed by atoms with Gasteiger partial charge in [0.25, 0.3) is 5.56 Å². The summed E-state index contributed by atoms with van der Waals surface area (Å²) in [6.07, 6.45) is 0. The number of aromatic amines is 1. The van der Waals surface area contributed by atoms with Gasteiger partial charge in [-0.05, 0) is 18.2 Å². The number of nitrogens with one attached hydrogen (secondary N) is 1. The fraction of sp³-hybridized carbons (Fsp3) is 0.286. The first-order chi connectivity index (χ1) is 8.77. The summed E-state index contributed by atoms with van der Waals surface area (Å²) >= 11 is 9.56. The van der Waals surface area contributed by atoms with Gasteiger partial charge in [-0.1, -0.05) is 48.3 Å². The third kappa shape index (κ3) is 3.25. The third-order valence-electron chi connectivity index (χ3n) is 2.69. The molecule has 1 heterocycles. The highest BCUT2D eigenvalue weighted by atomic mass is 79.9. The molecule has 0 radical (unpaired) electrons. The molecule has 5 heteroatoms. The van der Waals surface area contributed by atoms with Crippen molar-refractivity contribution in [1.29, 1.82) is 0 Å². The van der Waals surface area contributed by atoms with Crippen LogP contribution in [0.25, 0.3) is 11.4 Å². The van der Waals surface area contributed by atoms with Gasteiger partial charge in [0.2, 0.25) is 0 Å².